The van der Waals surface area contributed by atoms with Crippen LogP contribution < -0.4 is 19.5 Å². The molecule has 0 bridgehead atoms. The number of hydrogen-bond donors (Lipinski definition) is 1. The Balaban J connectivity index is 0.00000225. The minimum Gasteiger partial charge on any atom is -0.493 e. The summed E-state index contributed by atoms with van der Waals surface area (Å²) in [5.74, 6) is 1.98. The number of rotatable bonds is 8. The second kappa shape index (κ2) is 13.2. The van der Waals surface area contributed by atoms with Crippen LogP contribution in [0.5, 0.6) is 17.2 Å². The largest absolute Gasteiger partial charge is 0.493 e. The zero-order chi connectivity index (χ0) is 19.8. The standard InChI is InChI=1S/C22H27N3O3.2ClH/c1-26-21-14-18(19(8-9-23)25-12-10-24-11-13-25)20(15-22(21)27-2)28-16-17-6-4-3-5-7-17;;/h3-7,14-15,19,24H,8,10-13,16H2,1-2H3;2*1H/t19-;;/m1../s1. The van der Waals surface area contributed by atoms with Gasteiger partial charge in [0.05, 0.1) is 32.8 Å². The lowest BCUT2D eigenvalue weighted by Gasteiger charge is -2.35. The van der Waals surface area contributed by atoms with E-state index in [-0.39, 0.29) is 30.9 Å². The van der Waals surface area contributed by atoms with Gasteiger partial charge in [0, 0.05) is 37.8 Å². The zero-order valence-corrected chi connectivity index (χ0v) is 18.9. The first-order chi connectivity index (χ1) is 13.8. The number of hydrogen-bond acceptors (Lipinski definition) is 6. The molecule has 0 aromatic heterocycles. The zero-order valence-electron chi connectivity index (χ0n) is 17.3. The molecule has 1 atom stereocenters. The van der Waals surface area contributed by atoms with Gasteiger partial charge in [-0.15, -0.1) is 24.8 Å². The first kappa shape index (κ1) is 25.9. The molecule has 1 fully saturated rings. The maximum absolute atomic E-state index is 9.47. The van der Waals surface area contributed by atoms with Gasteiger partial charge >= 0.3 is 0 Å². The van der Waals surface area contributed by atoms with Crippen LogP contribution in [0.2, 0.25) is 0 Å². The fraction of sp³-hybridized carbons (Fsp3) is 0.409. The number of ether oxygens (including phenoxy) is 3. The van der Waals surface area contributed by atoms with E-state index in [1.165, 1.54) is 0 Å². The second-order valence-corrected chi connectivity index (χ2v) is 6.68. The predicted octanol–water partition coefficient (Wildman–Crippen LogP) is 3.99. The lowest BCUT2D eigenvalue weighted by Crippen LogP contribution is -2.45. The maximum Gasteiger partial charge on any atom is 0.164 e. The molecule has 3 rings (SSSR count). The van der Waals surface area contributed by atoms with Gasteiger partial charge in [-0.05, 0) is 11.6 Å². The van der Waals surface area contributed by atoms with Crippen LogP contribution in [0.25, 0.3) is 0 Å². The van der Waals surface area contributed by atoms with Crippen LogP contribution in [0.4, 0.5) is 0 Å². The van der Waals surface area contributed by atoms with Crippen molar-refractivity contribution in [2.45, 2.75) is 19.1 Å². The van der Waals surface area contributed by atoms with Gasteiger partial charge in [-0.2, -0.15) is 5.26 Å². The summed E-state index contributed by atoms with van der Waals surface area (Å²) in [5.41, 5.74) is 2.04. The van der Waals surface area contributed by atoms with Gasteiger partial charge in [-0.3, -0.25) is 4.90 Å². The highest BCUT2D eigenvalue weighted by molar-refractivity contribution is 5.85. The normalized spacial score (nSPS) is 14.4. The minimum absolute atomic E-state index is 0. The first-order valence-electron chi connectivity index (χ1n) is 9.51. The van der Waals surface area contributed by atoms with Crippen LogP contribution in [-0.2, 0) is 6.61 Å². The van der Waals surface area contributed by atoms with Crippen molar-refractivity contribution in [3.05, 3.63) is 53.6 Å². The van der Waals surface area contributed by atoms with Crippen molar-refractivity contribution < 1.29 is 14.2 Å². The molecular weight excluding hydrogens is 425 g/mol. The molecule has 2 aromatic carbocycles. The van der Waals surface area contributed by atoms with Crippen molar-refractivity contribution in [3.63, 3.8) is 0 Å². The Labute approximate surface area is 190 Å². The maximum atomic E-state index is 9.47. The summed E-state index contributed by atoms with van der Waals surface area (Å²) >= 11 is 0. The number of nitrogens with one attached hydrogen (secondary N) is 1. The molecule has 0 unspecified atom stereocenters. The average Bonchev–Trinajstić information content (AvgIpc) is 2.77. The summed E-state index contributed by atoms with van der Waals surface area (Å²) in [6.07, 6.45) is 0.386. The number of halogens is 2. The first-order valence-corrected chi connectivity index (χ1v) is 9.51. The van der Waals surface area contributed by atoms with E-state index in [0.717, 1.165) is 43.1 Å². The molecule has 1 aliphatic rings. The Hall–Kier alpha value is -2.17. The fourth-order valence-electron chi connectivity index (χ4n) is 3.51. The monoisotopic (exact) mass is 453 g/mol. The molecule has 0 radical (unpaired) electrons. The summed E-state index contributed by atoms with van der Waals surface area (Å²) < 4.78 is 17.2. The third-order valence-electron chi connectivity index (χ3n) is 4.99. The number of nitrogens with zero attached hydrogens (tertiary/aromatic N) is 2. The molecule has 1 N–H and O–H groups in total. The molecule has 30 heavy (non-hydrogen) atoms. The minimum atomic E-state index is -0.0577. The average molecular weight is 454 g/mol. The Morgan fingerprint density at radius 3 is 2.23 bits per heavy atom. The van der Waals surface area contributed by atoms with Crippen LogP contribution in [0, 0.1) is 11.3 Å². The van der Waals surface area contributed by atoms with Gasteiger partial charge < -0.3 is 19.5 Å². The van der Waals surface area contributed by atoms with Gasteiger partial charge in [0.25, 0.3) is 0 Å². The topological polar surface area (TPSA) is 66.8 Å². The molecule has 1 saturated heterocycles. The van der Waals surface area contributed by atoms with E-state index in [1.807, 2.05) is 42.5 Å². The van der Waals surface area contributed by atoms with Crippen molar-refractivity contribution in [1.82, 2.24) is 10.2 Å². The Kier molecular flexibility index (Phi) is 11.4. The molecule has 164 valence electrons. The van der Waals surface area contributed by atoms with Crippen LogP contribution in [0.1, 0.15) is 23.6 Å². The molecule has 8 heteroatoms. The van der Waals surface area contributed by atoms with E-state index in [1.54, 1.807) is 14.2 Å². The Morgan fingerprint density at radius 2 is 1.63 bits per heavy atom. The Morgan fingerprint density at radius 1 is 1.00 bits per heavy atom. The second-order valence-electron chi connectivity index (χ2n) is 6.68. The third-order valence-corrected chi connectivity index (χ3v) is 4.99. The van der Waals surface area contributed by atoms with E-state index in [4.69, 9.17) is 14.2 Å². The molecule has 0 aliphatic carbocycles. The van der Waals surface area contributed by atoms with Crippen LogP contribution in [-0.4, -0.2) is 45.3 Å². The summed E-state index contributed by atoms with van der Waals surface area (Å²) in [6, 6.07) is 16.1. The summed E-state index contributed by atoms with van der Waals surface area (Å²) in [7, 11) is 3.23. The van der Waals surface area contributed by atoms with Crippen molar-refractivity contribution >= 4 is 24.8 Å². The summed E-state index contributed by atoms with van der Waals surface area (Å²) in [5, 5.41) is 12.8. The lowest BCUT2D eigenvalue weighted by atomic mass is 9.99. The van der Waals surface area contributed by atoms with Gasteiger partial charge in [0.15, 0.2) is 11.5 Å². The SMILES string of the molecule is COc1cc(OCc2ccccc2)c([C@@H](CC#N)N2CCNCC2)cc1OC.Cl.Cl. The van der Waals surface area contributed by atoms with Crippen LogP contribution >= 0.6 is 24.8 Å². The number of piperazine rings is 1. The van der Waals surface area contributed by atoms with E-state index in [9.17, 15) is 5.26 Å². The highest BCUT2D eigenvalue weighted by Gasteiger charge is 2.27. The summed E-state index contributed by atoms with van der Waals surface area (Å²) in [4.78, 5) is 2.33. The highest BCUT2D eigenvalue weighted by atomic mass is 35.5. The smallest absolute Gasteiger partial charge is 0.164 e. The van der Waals surface area contributed by atoms with E-state index in [2.05, 4.69) is 16.3 Å². The molecule has 1 heterocycles. The van der Waals surface area contributed by atoms with Crippen LogP contribution in [0.3, 0.4) is 0 Å². The van der Waals surface area contributed by atoms with Crippen molar-refractivity contribution in [1.29, 1.82) is 5.26 Å². The lowest BCUT2D eigenvalue weighted by molar-refractivity contribution is 0.170. The number of nitriles is 1. The van der Waals surface area contributed by atoms with Crippen molar-refractivity contribution in [2.75, 3.05) is 40.4 Å². The van der Waals surface area contributed by atoms with Gasteiger partial charge in [-0.1, -0.05) is 30.3 Å². The molecular formula is C22H29Cl2N3O3. The third kappa shape index (κ3) is 6.41. The van der Waals surface area contributed by atoms with Crippen molar-refractivity contribution in [2.24, 2.45) is 0 Å². The fourth-order valence-corrected chi connectivity index (χ4v) is 3.51. The van der Waals surface area contributed by atoms with Gasteiger partial charge in [0.1, 0.15) is 12.4 Å². The van der Waals surface area contributed by atoms with Gasteiger partial charge in [0.2, 0.25) is 0 Å². The van der Waals surface area contributed by atoms with Crippen LogP contribution in [0.15, 0.2) is 42.5 Å². The molecule has 6 nitrogen and oxygen atoms in total. The number of benzene rings is 2. The van der Waals surface area contributed by atoms with E-state index >= 15 is 0 Å². The molecule has 1 aliphatic heterocycles. The van der Waals surface area contributed by atoms with E-state index < -0.39 is 0 Å². The number of methoxy groups -OCH3 is 2. The van der Waals surface area contributed by atoms with E-state index in [0.29, 0.717) is 24.5 Å². The molecule has 0 amide bonds. The predicted molar refractivity (Wildman–Crippen MR) is 122 cm³/mol. The molecule has 0 saturated carbocycles. The Bertz CT molecular complexity index is 809. The van der Waals surface area contributed by atoms with Gasteiger partial charge in [-0.25, -0.2) is 0 Å². The molecule has 0 spiro atoms. The highest BCUT2D eigenvalue weighted by Crippen LogP contribution is 2.40. The quantitative estimate of drug-likeness (QED) is 0.651. The van der Waals surface area contributed by atoms with Crippen molar-refractivity contribution in [3.8, 4) is 23.3 Å². The molecule has 2 aromatic rings. The summed E-state index contributed by atoms with van der Waals surface area (Å²) in [6.45, 7) is 4.05.